The lowest BCUT2D eigenvalue weighted by atomic mass is 10.2. The number of nitrogens with two attached hydrogens (primary N) is 1. The Labute approximate surface area is 100 Å². The molecule has 3 nitrogen and oxygen atoms in total. The molecule has 0 aliphatic heterocycles. The van der Waals surface area contributed by atoms with Crippen molar-refractivity contribution in [3.8, 4) is 17.6 Å². The number of anilines is 1. The number of para-hydroxylation sites is 1. The first kappa shape index (κ1) is 11.0. The highest BCUT2D eigenvalue weighted by Gasteiger charge is 2.06. The van der Waals surface area contributed by atoms with Crippen LogP contribution in [0.25, 0.3) is 0 Å². The van der Waals surface area contributed by atoms with Gasteiger partial charge in [-0.3, -0.25) is 0 Å². The molecular formula is C14H12N2O. The number of benzene rings is 2. The Morgan fingerprint density at radius 2 is 1.76 bits per heavy atom. The number of hydrogen-bond donors (Lipinski definition) is 1. The topological polar surface area (TPSA) is 59.0 Å². The van der Waals surface area contributed by atoms with Crippen LogP contribution in [-0.4, -0.2) is 0 Å². The Morgan fingerprint density at radius 1 is 1.06 bits per heavy atom. The summed E-state index contributed by atoms with van der Waals surface area (Å²) < 4.78 is 5.71. The molecule has 0 fully saturated rings. The number of hydrogen-bond acceptors (Lipinski definition) is 3. The lowest BCUT2D eigenvalue weighted by molar-refractivity contribution is 0.478. The molecule has 3 heteroatoms. The zero-order valence-corrected chi connectivity index (χ0v) is 9.47. The molecule has 0 saturated heterocycles. The average molecular weight is 224 g/mol. The van der Waals surface area contributed by atoms with E-state index < -0.39 is 0 Å². The molecule has 0 saturated carbocycles. The van der Waals surface area contributed by atoms with Gasteiger partial charge in [0, 0.05) is 11.3 Å². The minimum atomic E-state index is 0.509. The van der Waals surface area contributed by atoms with E-state index in [2.05, 4.69) is 6.07 Å². The van der Waals surface area contributed by atoms with E-state index in [0.29, 0.717) is 22.7 Å². The fraction of sp³-hybridized carbons (Fsp3) is 0.0714. The van der Waals surface area contributed by atoms with Crippen molar-refractivity contribution in [2.45, 2.75) is 6.92 Å². The summed E-state index contributed by atoms with van der Waals surface area (Å²) in [7, 11) is 0. The molecular weight excluding hydrogens is 212 g/mol. The highest BCUT2D eigenvalue weighted by atomic mass is 16.5. The zero-order valence-electron chi connectivity index (χ0n) is 9.47. The fourth-order valence-corrected chi connectivity index (χ4v) is 1.51. The van der Waals surface area contributed by atoms with Gasteiger partial charge in [0.1, 0.15) is 17.6 Å². The molecule has 0 aliphatic rings. The van der Waals surface area contributed by atoms with E-state index in [1.165, 1.54) is 0 Å². The predicted octanol–water partition coefficient (Wildman–Crippen LogP) is 3.24. The summed E-state index contributed by atoms with van der Waals surface area (Å²) in [6.07, 6.45) is 0. The molecule has 17 heavy (non-hydrogen) atoms. The molecule has 0 heterocycles. The summed E-state index contributed by atoms with van der Waals surface area (Å²) in [5.74, 6) is 1.22. The van der Waals surface area contributed by atoms with Gasteiger partial charge in [0.15, 0.2) is 0 Å². The maximum Gasteiger partial charge on any atom is 0.145 e. The van der Waals surface area contributed by atoms with Crippen LogP contribution in [0.15, 0.2) is 42.5 Å². The van der Waals surface area contributed by atoms with Gasteiger partial charge in [-0.2, -0.15) is 5.26 Å². The molecule has 0 unspecified atom stereocenters. The van der Waals surface area contributed by atoms with Crippen LogP contribution in [0.4, 0.5) is 5.69 Å². The number of nitrogens with zero attached hydrogens (tertiary/aromatic N) is 1. The van der Waals surface area contributed by atoms with Crippen LogP contribution in [0.1, 0.15) is 11.1 Å². The fourth-order valence-electron chi connectivity index (χ4n) is 1.51. The molecule has 2 aromatic rings. The van der Waals surface area contributed by atoms with Crippen LogP contribution >= 0.6 is 0 Å². The second-order valence-electron chi connectivity index (χ2n) is 3.68. The molecule has 0 atom stereocenters. The third-order valence-corrected chi connectivity index (χ3v) is 2.55. The van der Waals surface area contributed by atoms with Gasteiger partial charge in [-0.15, -0.1) is 0 Å². The van der Waals surface area contributed by atoms with E-state index >= 15 is 0 Å². The van der Waals surface area contributed by atoms with Crippen molar-refractivity contribution in [1.29, 1.82) is 5.26 Å². The van der Waals surface area contributed by atoms with Crippen molar-refractivity contribution in [1.82, 2.24) is 0 Å². The summed E-state index contributed by atoms with van der Waals surface area (Å²) in [5.41, 5.74) is 7.86. The first-order valence-electron chi connectivity index (χ1n) is 5.24. The van der Waals surface area contributed by atoms with Crippen LogP contribution in [0.3, 0.4) is 0 Å². The van der Waals surface area contributed by atoms with Crippen molar-refractivity contribution in [3.05, 3.63) is 53.6 Å². The van der Waals surface area contributed by atoms with Gasteiger partial charge in [-0.05, 0) is 31.2 Å². The predicted molar refractivity (Wildman–Crippen MR) is 66.8 cm³/mol. The van der Waals surface area contributed by atoms with E-state index in [1.54, 1.807) is 18.2 Å². The van der Waals surface area contributed by atoms with Gasteiger partial charge in [0.2, 0.25) is 0 Å². The Hall–Kier alpha value is -2.47. The lowest BCUT2D eigenvalue weighted by Gasteiger charge is -2.10. The lowest BCUT2D eigenvalue weighted by Crippen LogP contribution is -1.94. The van der Waals surface area contributed by atoms with E-state index in [1.807, 2.05) is 31.2 Å². The standard InChI is InChI=1S/C14H12N2O/c1-10-12(16)6-4-8-13(10)17-14-7-3-2-5-11(14)9-15/h2-8H,16H2,1H3. The van der Waals surface area contributed by atoms with Crippen LogP contribution in [-0.2, 0) is 0 Å². The van der Waals surface area contributed by atoms with Crippen LogP contribution < -0.4 is 10.5 Å². The van der Waals surface area contributed by atoms with Crippen LogP contribution in [0, 0.1) is 18.3 Å². The van der Waals surface area contributed by atoms with E-state index in [4.69, 9.17) is 15.7 Å². The smallest absolute Gasteiger partial charge is 0.145 e. The Bertz CT molecular complexity index is 585. The normalized spacial score (nSPS) is 9.65. The summed E-state index contributed by atoms with van der Waals surface area (Å²) >= 11 is 0. The molecule has 0 aliphatic carbocycles. The second-order valence-corrected chi connectivity index (χ2v) is 3.68. The van der Waals surface area contributed by atoms with Crippen LogP contribution in [0.2, 0.25) is 0 Å². The van der Waals surface area contributed by atoms with Crippen LogP contribution in [0.5, 0.6) is 11.5 Å². The van der Waals surface area contributed by atoms with E-state index in [-0.39, 0.29) is 0 Å². The second kappa shape index (κ2) is 4.58. The minimum absolute atomic E-state index is 0.509. The Kier molecular flexibility index (Phi) is 2.97. The van der Waals surface area contributed by atoms with Crippen molar-refractivity contribution < 1.29 is 4.74 Å². The molecule has 84 valence electrons. The maximum absolute atomic E-state index is 8.97. The molecule has 2 N–H and O–H groups in total. The van der Waals surface area contributed by atoms with Gasteiger partial charge in [-0.1, -0.05) is 18.2 Å². The average Bonchev–Trinajstić information content (AvgIpc) is 2.35. The van der Waals surface area contributed by atoms with Crippen molar-refractivity contribution in [2.24, 2.45) is 0 Å². The largest absolute Gasteiger partial charge is 0.456 e. The van der Waals surface area contributed by atoms with Gasteiger partial charge in [-0.25, -0.2) is 0 Å². The summed E-state index contributed by atoms with van der Waals surface area (Å²) in [6.45, 7) is 1.89. The maximum atomic E-state index is 8.97. The monoisotopic (exact) mass is 224 g/mol. The summed E-state index contributed by atoms with van der Waals surface area (Å²) in [6, 6.07) is 14.7. The van der Waals surface area contributed by atoms with E-state index in [9.17, 15) is 0 Å². The first-order chi connectivity index (χ1) is 8.22. The molecule has 2 aromatic carbocycles. The molecule has 0 radical (unpaired) electrons. The zero-order chi connectivity index (χ0) is 12.3. The molecule has 0 amide bonds. The van der Waals surface area contributed by atoms with E-state index in [0.717, 1.165) is 5.56 Å². The molecule has 0 spiro atoms. The quantitative estimate of drug-likeness (QED) is 0.796. The number of nitrogen functional groups attached to an aromatic ring is 1. The Balaban J connectivity index is 2.39. The SMILES string of the molecule is Cc1c(N)cccc1Oc1ccccc1C#N. The van der Waals surface area contributed by atoms with Crippen molar-refractivity contribution >= 4 is 5.69 Å². The Morgan fingerprint density at radius 3 is 2.53 bits per heavy atom. The third kappa shape index (κ3) is 2.21. The first-order valence-corrected chi connectivity index (χ1v) is 5.24. The number of ether oxygens (including phenoxy) is 1. The molecule has 0 aromatic heterocycles. The summed E-state index contributed by atoms with van der Waals surface area (Å²) in [4.78, 5) is 0. The van der Waals surface area contributed by atoms with Crippen molar-refractivity contribution in [3.63, 3.8) is 0 Å². The molecule has 2 rings (SSSR count). The highest BCUT2D eigenvalue weighted by Crippen LogP contribution is 2.29. The van der Waals surface area contributed by atoms with Gasteiger partial charge in [0.05, 0.1) is 5.56 Å². The van der Waals surface area contributed by atoms with Gasteiger partial charge in [0.25, 0.3) is 0 Å². The third-order valence-electron chi connectivity index (χ3n) is 2.55. The minimum Gasteiger partial charge on any atom is -0.456 e. The van der Waals surface area contributed by atoms with Gasteiger partial charge >= 0.3 is 0 Å². The molecule has 0 bridgehead atoms. The highest BCUT2D eigenvalue weighted by molar-refractivity contribution is 5.55. The van der Waals surface area contributed by atoms with Gasteiger partial charge < -0.3 is 10.5 Å². The van der Waals surface area contributed by atoms with Crippen molar-refractivity contribution in [2.75, 3.05) is 5.73 Å². The number of rotatable bonds is 2. The number of nitriles is 1. The summed E-state index contributed by atoms with van der Waals surface area (Å²) in [5, 5.41) is 8.97.